The Balaban J connectivity index is 2.53. The van der Waals surface area contributed by atoms with Crippen LogP contribution in [0.2, 0.25) is 0 Å². The molecule has 0 aromatic carbocycles. The zero-order valence-corrected chi connectivity index (χ0v) is 12.5. The quantitative estimate of drug-likeness (QED) is 0.633. The zero-order chi connectivity index (χ0) is 15.3. The number of hydrogen-bond donors (Lipinski definition) is 4. The molecule has 0 unspecified atom stereocenters. The SMILES string of the molecule is C[C@@H](O)[C@H](NC(=O)NCC(C)(C)c1cccs1)C(=O)O. The van der Waals surface area contributed by atoms with Gasteiger partial charge in [-0.3, -0.25) is 0 Å². The van der Waals surface area contributed by atoms with Crippen LogP contribution in [0.5, 0.6) is 0 Å². The fourth-order valence-electron chi connectivity index (χ4n) is 1.63. The minimum atomic E-state index is -1.32. The summed E-state index contributed by atoms with van der Waals surface area (Å²) in [5.41, 5.74) is -0.241. The van der Waals surface area contributed by atoms with Crippen molar-refractivity contribution in [1.82, 2.24) is 10.6 Å². The van der Waals surface area contributed by atoms with Crippen molar-refractivity contribution in [3.63, 3.8) is 0 Å². The molecular weight excluding hydrogens is 280 g/mol. The Kier molecular flexibility index (Phi) is 5.52. The summed E-state index contributed by atoms with van der Waals surface area (Å²) in [5.74, 6) is -1.27. The van der Waals surface area contributed by atoms with Crippen LogP contribution in [0.3, 0.4) is 0 Å². The molecule has 2 atom stereocenters. The summed E-state index contributed by atoms with van der Waals surface area (Å²) in [5, 5.41) is 25.0. The van der Waals surface area contributed by atoms with Gasteiger partial charge in [-0.2, -0.15) is 0 Å². The summed E-state index contributed by atoms with van der Waals surface area (Å²) in [6, 6.07) is 2.00. The predicted molar refractivity (Wildman–Crippen MR) is 77.0 cm³/mol. The Morgan fingerprint density at radius 3 is 2.55 bits per heavy atom. The molecule has 0 aliphatic rings. The zero-order valence-electron chi connectivity index (χ0n) is 11.7. The van der Waals surface area contributed by atoms with E-state index >= 15 is 0 Å². The molecule has 0 aliphatic heterocycles. The van der Waals surface area contributed by atoms with Crippen molar-refractivity contribution in [2.45, 2.75) is 38.3 Å². The van der Waals surface area contributed by atoms with Gasteiger partial charge in [-0.15, -0.1) is 11.3 Å². The van der Waals surface area contributed by atoms with Gasteiger partial charge in [-0.25, -0.2) is 9.59 Å². The van der Waals surface area contributed by atoms with Crippen LogP contribution in [0, 0.1) is 0 Å². The van der Waals surface area contributed by atoms with Crippen molar-refractivity contribution in [3.05, 3.63) is 22.4 Å². The lowest BCUT2D eigenvalue weighted by molar-refractivity contribution is -0.141. The number of amides is 2. The van der Waals surface area contributed by atoms with Crippen LogP contribution in [0.4, 0.5) is 4.79 Å². The van der Waals surface area contributed by atoms with Crippen molar-refractivity contribution in [2.75, 3.05) is 6.54 Å². The van der Waals surface area contributed by atoms with Gasteiger partial charge in [-0.1, -0.05) is 19.9 Å². The molecule has 6 nitrogen and oxygen atoms in total. The number of aliphatic carboxylic acids is 1. The maximum absolute atomic E-state index is 11.7. The average Bonchev–Trinajstić information content (AvgIpc) is 2.87. The Morgan fingerprint density at radius 2 is 2.10 bits per heavy atom. The second kappa shape index (κ2) is 6.71. The van der Waals surface area contributed by atoms with Crippen molar-refractivity contribution in [1.29, 1.82) is 0 Å². The van der Waals surface area contributed by atoms with Gasteiger partial charge in [0.05, 0.1) is 6.10 Å². The van der Waals surface area contributed by atoms with E-state index in [9.17, 15) is 14.7 Å². The first kappa shape index (κ1) is 16.5. The third kappa shape index (κ3) is 4.50. The normalized spacial score (nSPS) is 14.4. The minimum Gasteiger partial charge on any atom is -0.480 e. The number of nitrogens with one attached hydrogen (secondary N) is 2. The number of rotatable bonds is 6. The minimum absolute atomic E-state index is 0.241. The second-order valence-electron chi connectivity index (χ2n) is 5.24. The van der Waals surface area contributed by atoms with E-state index in [1.165, 1.54) is 6.92 Å². The van der Waals surface area contributed by atoms with E-state index in [4.69, 9.17) is 5.11 Å². The average molecular weight is 300 g/mol. The van der Waals surface area contributed by atoms with Crippen LogP contribution in [0.15, 0.2) is 17.5 Å². The second-order valence-corrected chi connectivity index (χ2v) is 6.19. The number of carboxylic acid groups (broad SMARTS) is 1. The molecule has 0 saturated carbocycles. The van der Waals surface area contributed by atoms with Crippen LogP contribution in [-0.2, 0) is 10.2 Å². The van der Waals surface area contributed by atoms with Crippen LogP contribution in [0.1, 0.15) is 25.6 Å². The molecule has 0 spiro atoms. The summed E-state index contributed by atoms with van der Waals surface area (Å²) >= 11 is 1.60. The predicted octanol–water partition coefficient (Wildman–Crippen LogP) is 1.16. The number of hydrogen-bond acceptors (Lipinski definition) is 4. The van der Waals surface area contributed by atoms with Gasteiger partial charge in [0.15, 0.2) is 6.04 Å². The summed E-state index contributed by atoms with van der Waals surface area (Å²) < 4.78 is 0. The van der Waals surface area contributed by atoms with Gasteiger partial charge in [0.25, 0.3) is 0 Å². The van der Waals surface area contributed by atoms with E-state index in [0.717, 1.165) is 4.88 Å². The van der Waals surface area contributed by atoms with Crippen LogP contribution in [-0.4, -0.2) is 40.9 Å². The first-order chi connectivity index (χ1) is 9.24. The maximum Gasteiger partial charge on any atom is 0.328 e. The van der Waals surface area contributed by atoms with Crippen LogP contribution >= 0.6 is 11.3 Å². The Bertz CT molecular complexity index is 457. The topological polar surface area (TPSA) is 98.7 Å². The monoisotopic (exact) mass is 300 g/mol. The first-order valence-electron chi connectivity index (χ1n) is 6.23. The lowest BCUT2D eigenvalue weighted by Gasteiger charge is -2.24. The van der Waals surface area contributed by atoms with Gasteiger partial charge in [0.1, 0.15) is 0 Å². The Labute approximate surface area is 121 Å². The lowest BCUT2D eigenvalue weighted by atomic mass is 9.91. The van der Waals surface area contributed by atoms with Gasteiger partial charge in [0.2, 0.25) is 0 Å². The fraction of sp³-hybridized carbons (Fsp3) is 0.538. The number of carboxylic acids is 1. The van der Waals surface area contributed by atoms with Gasteiger partial charge < -0.3 is 20.8 Å². The molecule has 112 valence electrons. The van der Waals surface area contributed by atoms with Crippen LogP contribution < -0.4 is 10.6 Å². The first-order valence-corrected chi connectivity index (χ1v) is 7.11. The summed E-state index contributed by atoms with van der Waals surface area (Å²) in [7, 11) is 0. The molecule has 0 fully saturated rings. The number of aliphatic hydroxyl groups excluding tert-OH is 1. The number of carbonyl (C=O) groups excluding carboxylic acids is 1. The third-order valence-corrected chi connectivity index (χ3v) is 4.15. The van der Waals surface area contributed by atoms with Crippen molar-refractivity contribution < 1.29 is 19.8 Å². The molecule has 0 saturated heterocycles. The van der Waals surface area contributed by atoms with E-state index in [2.05, 4.69) is 10.6 Å². The third-order valence-electron chi connectivity index (χ3n) is 2.91. The fourth-order valence-corrected chi connectivity index (χ4v) is 2.49. The summed E-state index contributed by atoms with van der Waals surface area (Å²) in [4.78, 5) is 23.7. The molecule has 1 aromatic rings. The summed E-state index contributed by atoms with van der Waals surface area (Å²) in [6.07, 6.45) is -1.16. The molecule has 7 heteroatoms. The Morgan fingerprint density at radius 1 is 1.45 bits per heavy atom. The molecular formula is C13H20N2O4S. The molecule has 20 heavy (non-hydrogen) atoms. The molecule has 0 aliphatic carbocycles. The molecule has 0 bridgehead atoms. The lowest BCUT2D eigenvalue weighted by Crippen LogP contribution is -2.52. The highest BCUT2D eigenvalue weighted by Crippen LogP contribution is 2.26. The smallest absolute Gasteiger partial charge is 0.328 e. The molecule has 1 aromatic heterocycles. The molecule has 4 N–H and O–H groups in total. The summed E-state index contributed by atoms with van der Waals surface area (Å²) in [6.45, 7) is 5.66. The highest BCUT2D eigenvalue weighted by Gasteiger charge is 2.27. The maximum atomic E-state index is 11.7. The van der Waals surface area contributed by atoms with Crippen molar-refractivity contribution in [3.8, 4) is 0 Å². The number of aliphatic hydroxyl groups is 1. The number of thiophene rings is 1. The van der Waals surface area contributed by atoms with E-state index in [1.54, 1.807) is 11.3 Å². The van der Waals surface area contributed by atoms with E-state index in [-0.39, 0.29) is 5.41 Å². The highest BCUT2D eigenvalue weighted by atomic mass is 32.1. The number of urea groups is 1. The van der Waals surface area contributed by atoms with E-state index < -0.39 is 24.1 Å². The largest absolute Gasteiger partial charge is 0.480 e. The molecule has 1 heterocycles. The van der Waals surface area contributed by atoms with Gasteiger partial charge in [0, 0.05) is 16.8 Å². The van der Waals surface area contributed by atoms with E-state index in [1.807, 2.05) is 31.4 Å². The van der Waals surface area contributed by atoms with Crippen LogP contribution in [0.25, 0.3) is 0 Å². The standard InChI is InChI=1S/C13H20N2O4S/c1-8(16)10(11(17)18)15-12(19)14-7-13(2,3)9-5-4-6-20-9/h4-6,8,10,16H,7H2,1-3H3,(H,17,18)(H2,14,15,19)/t8-,10+/m1/s1. The highest BCUT2D eigenvalue weighted by molar-refractivity contribution is 7.10. The molecule has 2 amide bonds. The molecule has 0 radical (unpaired) electrons. The number of carbonyl (C=O) groups is 2. The van der Waals surface area contributed by atoms with Crippen molar-refractivity contribution in [2.24, 2.45) is 0 Å². The molecule has 1 rings (SSSR count). The van der Waals surface area contributed by atoms with Gasteiger partial charge >= 0.3 is 12.0 Å². The Hall–Kier alpha value is -1.60. The van der Waals surface area contributed by atoms with E-state index in [0.29, 0.717) is 6.54 Å². The van der Waals surface area contributed by atoms with Gasteiger partial charge in [-0.05, 0) is 18.4 Å². The van der Waals surface area contributed by atoms with Crippen molar-refractivity contribution >= 4 is 23.3 Å².